The molecule has 0 radical (unpaired) electrons. The van der Waals surface area contributed by atoms with Crippen molar-refractivity contribution in [3.63, 3.8) is 0 Å². The fourth-order valence-corrected chi connectivity index (χ4v) is 14.3. The van der Waals surface area contributed by atoms with E-state index in [1.54, 1.807) is 0 Å². The highest BCUT2D eigenvalue weighted by atomic mass is 33.0. The average molecular weight is 366 g/mol. The number of hydrogen-bond donors (Lipinski definition) is 0. The molecule has 1 aliphatic rings. The zero-order valence-electron chi connectivity index (χ0n) is 13.8. The Kier molecular flexibility index (Phi) is 3.95. The van der Waals surface area contributed by atoms with Crippen LogP contribution < -0.4 is 5.30 Å². The van der Waals surface area contributed by atoms with E-state index in [1.165, 1.54) is 27.6 Å². The smallest absolute Gasteiger partial charge is 0.0942 e. The summed E-state index contributed by atoms with van der Waals surface area (Å²) < 4.78 is -0.0816. The lowest BCUT2D eigenvalue weighted by Crippen LogP contribution is -2.15. The molecule has 1 aliphatic heterocycles. The SMILES string of the molecule is Cc1cccc(C)c1P1(=S)SC1(c1ccccc1)c1ccccc1. The second-order valence-electron chi connectivity index (χ2n) is 6.26. The standard InChI is InChI=1S/C21H19PS2/c1-16-10-9-11-17(2)20(16)22(23)21(24-22,18-12-5-3-6-13-18)19-14-7-4-8-15-19/h3-15H,1-2H3. The molecule has 1 heterocycles. The minimum atomic E-state index is -1.78. The molecule has 1 saturated heterocycles. The molecule has 0 aliphatic carbocycles. The van der Waals surface area contributed by atoms with Crippen molar-refractivity contribution in [2.24, 2.45) is 0 Å². The molecular weight excluding hydrogens is 347 g/mol. The molecule has 0 N–H and O–H groups in total. The van der Waals surface area contributed by atoms with Crippen molar-refractivity contribution in [1.29, 1.82) is 0 Å². The first-order valence-electron chi connectivity index (χ1n) is 8.08. The molecule has 0 aromatic heterocycles. The largest absolute Gasteiger partial charge is 0.112 e. The molecule has 1 atom stereocenters. The maximum absolute atomic E-state index is 6.41. The summed E-state index contributed by atoms with van der Waals surface area (Å²) in [6, 6.07) is 28.2. The van der Waals surface area contributed by atoms with Crippen LogP contribution in [0.5, 0.6) is 0 Å². The molecule has 1 unspecified atom stereocenters. The van der Waals surface area contributed by atoms with E-state index in [9.17, 15) is 0 Å². The highest BCUT2D eigenvalue weighted by molar-refractivity contribution is 8.87. The third-order valence-corrected chi connectivity index (χ3v) is 13.9. The van der Waals surface area contributed by atoms with Crippen molar-refractivity contribution in [2.75, 3.05) is 0 Å². The van der Waals surface area contributed by atoms with Gasteiger partial charge in [0.1, 0.15) is 4.49 Å². The zero-order chi connectivity index (χ0) is 16.8. The van der Waals surface area contributed by atoms with E-state index >= 15 is 0 Å². The monoisotopic (exact) mass is 366 g/mol. The molecule has 24 heavy (non-hydrogen) atoms. The molecule has 3 heteroatoms. The van der Waals surface area contributed by atoms with Gasteiger partial charge in [-0.3, -0.25) is 0 Å². The topological polar surface area (TPSA) is 0 Å². The predicted molar refractivity (Wildman–Crippen MR) is 111 cm³/mol. The fraction of sp³-hybridized carbons (Fsp3) is 0.143. The van der Waals surface area contributed by atoms with Gasteiger partial charge < -0.3 is 0 Å². The van der Waals surface area contributed by atoms with Crippen molar-refractivity contribution in [3.8, 4) is 0 Å². The second kappa shape index (κ2) is 5.88. The molecule has 1 fully saturated rings. The lowest BCUT2D eigenvalue weighted by Gasteiger charge is -2.20. The highest BCUT2D eigenvalue weighted by Gasteiger charge is 2.65. The van der Waals surface area contributed by atoms with E-state index in [1.807, 2.05) is 11.4 Å². The van der Waals surface area contributed by atoms with Gasteiger partial charge in [-0.1, -0.05) is 102 Å². The third kappa shape index (κ3) is 2.24. The first-order valence-corrected chi connectivity index (χ1v) is 12.3. The summed E-state index contributed by atoms with van der Waals surface area (Å²) >= 11 is 8.41. The van der Waals surface area contributed by atoms with Crippen molar-refractivity contribution in [3.05, 3.63) is 101 Å². The summed E-state index contributed by atoms with van der Waals surface area (Å²) in [5, 5.41) is -0.364. The Labute approximate surface area is 153 Å². The van der Waals surface area contributed by atoms with E-state index in [-0.39, 0.29) is 4.49 Å². The summed E-state index contributed by atoms with van der Waals surface area (Å²) in [7, 11) is 0. The Hall–Kier alpha value is -1.34. The molecule has 0 spiro atoms. The third-order valence-electron chi connectivity index (χ3n) is 4.71. The predicted octanol–water partition coefficient (Wildman–Crippen LogP) is 5.97. The normalized spacial score (nSPS) is 21.4. The van der Waals surface area contributed by atoms with Gasteiger partial charge in [-0.05, 0) is 36.1 Å². The van der Waals surface area contributed by atoms with Crippen molar-refractivity contribution in [1.82, 2.24) is 0 Å². The van der Waals surface area contributed by atoms with Gasteiger partial charge in [0, 0.05) is 5.30 Å². The van der Waals surface area contributed by atoms with Gasteiger partial charge in [-0.15, -0.1) is 0 Å². The Morgan fingerprint density at radius 3 is 1.62 bits per heavy atom. The number of hydrogen-bond acceptors (Lipinski definition) is 2. The molecule has 120 valence electrons. The van der Waals surface area contributed by atoms with Crippen LogP contribution in [0, 0.1) is 13.8 Å². The van der Waals surface area contributed by atoms with E-state index < -0.39 is 5.24 Å². The van der Waals surface area contributed by atoms with E-state index in [2.05, 4.69) is 92.7 Å². The molecule has 0 saturated carbocycles. The van der Waals surface area contributed by atoms with Crippen LogP contribution in [0.4, 0.5) is 0 Å². The van der Waals surface area contributed by atoms with Gasteiger partial charge in [-0.2, -0.15) is 0 Å². The van der Waals surface area contributed by atoms with Crippen LogP contribution in [0.2, 0.25) is 0 Å². The Bertz CT molecular complexity index is 873. The molecule has 3 aromatic carbocycles. The number of rotatable bonds is 3. The molecule has 4 rings (SSSR count). The van der Waals surface area contributed by atoms with Crippen molar-refractivity contribution >= 4 is 33.7 Å². The van der Waals surface area contributed by atoms with Crippen LogP contribution in [0.3, 0.4) is 0 Å². The Morgan fingerprint density at radius 1 is 0.708 bits per heavy atom. The Morgan fingerprint density at radius 2 is 1.17 bits per heavy atom. The van der Waals surface area contributed by atoms with Crippen LogP contribution in [0.25, 0.3) is 0 Å². The highest BCUT2D eigenvalue weighted by Crippen LogP contribution is 2.97. The van der Waals surface area contributed by atoms with Gasteiger partial charge in [-0.25, -0.2) is 0 Å². The van der Waals surface area contributed by atoms with Crippen LogP contribution in [0.1, 0.15) is 22.3 Å². The van der Waals surface area contributed by atoms with Gasteiger partial charge in [0.2, 0.25) is 0 Å². The van der Waals surface area contributed by atoms with Crippen molar-refractivity contribution in [2.45, 2.75) is 18.3 Å². The maximum atomic E-state index is 6.41. The Balaban J connectivity index is 1.98. The summed E-state index contributed by atoms with van der Waals surface area (Å²) in [5.41, 5.74) is 5.35. The quantitative estimate of drug-likeness (QED) is 0.414. The van der Waals surface area contributed by atoms with Crippen LogP contribution in [-0.2, 0) is 16.3 Å². The van der Waals surface area contributed by atoms with Crippen LogP contribution in [-0.4, -0.2) is 0 Å². The minimum Gasteiger partial charge on any atom is -0.0942 e. The number of aryl methyl sites for hydroxylation is 2. The van der Waals surface area contributed by atoms with Gasteiger partial charge in [0.15, 0.2) is 0 Å². The minimum absolute atomic E-state index is 0.0816. The van der Waals surface area contributed by atoms with E-state index in [0.29, 0.717) is 0 Å². The second-order valence-corrected chi connectivity index (χ2v) is 14.1. The van der Waals surface area contributed by atoms with Crippen molar-refractivity contribution < 1.29 is 0 Å². The zero-order valence-corrected chi connectivity index (χ0v) is 16.3. The summed E-state index contributed by atoms with van der Waals surface area (Å²) in [6.45, 7) is 4.41. The first kappa shape index (κ1) is 16.1. The molecule has 3 aromatic rings. The maximum Gasteiger partial charge on any atom is 0.112 e. The van der Waals surface area contributed by atoms with E-state index in [4.69, 9.17) is 11.8 Å². The fourth-order valence-electron chi connectivity index (χ4n) is 3.58. The van der Waals surface area contributed by atoms with Gasteiger partial charge >= 0.3 is 0 Å². The molecular formula is C21H19PS2. The summed E-state index contributed by atoms with van der Waals surface area (Å²) in [6.07, 6.45) is 0. The summed E-state index contributed by atoms with van der Waals surface area (Å²) in [4.78, 5) is 0. The average Bonchev–Trinajstić information content (AvgIpc) is 3.24. The lowest BCUT2D eigenvalue weighted by molar-refractivity contribution is 1.10. The summed E-state index contributed by atoms with van der Waals surface area (Å²) in [5.74, 6) is 0. The van der Waals surface area contributed by atoms with Gasteiger partial charge in [0.05, 0.1) is 5.24 Å². The lowest BCUT2D eigenvalue weighted by atomic mass is 10.0. The van der Waals surface area contributed by atoms with Crippen LogP contribution in [0.15, 0.2) is 78.9 Å². The van der Waals surface area contributed by atoms with E-state index in [0.717, 1.165) is 0 Å². The molecule has 0 amide bonds. The van der Waals surface area contributed by atoms with Crippen LogP contribution >= 0.6 is 16.6 Å². The molecule has 0 bridgehead atoms. The molecule has 0 nitrogen and oxygen atoms in total. The number of benzene rings is 3. The first-order chi connectivity index (χ1) is 11.6. The van der Waals surface area contributed by atoms with Gasteiger partial charge in [0.25, 0.3) is 0 Å².